The zero-order valence-electron chi connectivity index (χ0n) is 31.1. The number of fused-ring (bicyclic) bond motifs is 6. The molecule has 0 aliphatic rings. The highest BCUT2D eigenvalue weighted by Crippen LogP contribution is 2.45. The summed E-state index contributed by atoms with van der Waals surface area (Å²) < 4.78 is 8.70. The van der Waals surface area contributed by atoms with Crippen LogP contribution in [0.4, 0.5) is 17.1 Å². The number of aromatic nitrogens is 1. The zero-order chi connectivity index (χ0) is 37.7. The lowest BCUT2D eigenvalue weighted by Gasteiger charge is -2.28. The molecule has 0 N–H and O–H groups in total. The lowest BCUT2D eigenvalue weighted by atomic mass is 9.94. The number of hydrogen-bond donors (Lipinski definition) is 0. The van der Waals surface area contributed by atoms with Crippen molar-refractivity contribution in [1.29, 1.82) is 0 Å². The molecule has 0 aliphatic heterocycles. The Hall–Kier alpha value is -7.62. The summed E-state index contributed by atoms with van der Waals surface area (Å²) in [7, 11) is 0. The number of benzene rings is 9. The third-order valence-electron chi connectivity index (χ3n) is 11.2. The Bertz CT molecular complexity index is 3230. The third-order valence-corrected chi connectivity index (χ3v) is 11.2. The Balaban J connectivity index is 1.11. The number of hydrogen-bond acceptors (Lipinski definition) is 2. The molecule has 268 valence electrons. The van der Waals surface area contributed by atoms with Crippen molar-refractivity contribution in [3.63, 3.8) is 0 Å². The van der Waals surface area contributed by atoms with Gasteiger partial charge in [0.1, 0.15) is 11.2 Å². The van der Waals surface area contributed by atoms with E-state index in [0.29, 0.717) is 0 Å². The van der Waals surface area contributed by atoms with Crippen LogP contribution >= 0.6 is 0 Å². The molecule has 0 atom stereocenters. The minimum absolute atomic E-state index is 0.877. The van der Waals surface area contributed by atoms with Gasteiger partial charge in [-0.15, -0.1) is 0 Å². The van der Waals surface area contributed by atoms with Gasteiger partial charge >= 0.3 is 0 Å². The molecule has 0 unspecified atom stereocenters. The van der Waals surface area contributed by atoms with Crippen LogP contribution < -0.4 is 4.90 Å². The van der Waals surface area contributed by atoms with E-state index in [2.05, 4.69) is 216 Å². The molecule has 3 heteroatoms. The summed E-state index contributed by atoms with van der Waals surface area (Å²) in [6.07, 6.45) is 0. The van der Waals surface area contributed by atoms with Crippen molar-refractivity contribution in [1.82, 2.24) is 4.57 Å². The van der Waals surface area contributed by atoms with Crippen molar-refractivity contribution in [3.05, 3.63) is 218 Å². The molecule has 0 saturated carbocycles. The molecule has 57 heavy (non-hydrogen) atoms. The van der Waals surface area contributed by atoms with Crippen LogP contribution in [0, 0.1) is 0 Å². The highest BCUT2D eigenvalue weighted by atomic mass is 16.3. The van der Waals surface area contributed by atoms with Gasteiger partial charge in [0.2, 0.25) is 0 Å². The number of anilines is 3. The summed E-state index contributed by atoms with van der Waals surface area (Å²) in [6.45, 7) is 0. The van der Waals surface area contributed by atoms with Crippen molar-refractivity contribution in [3.8, 4) is 39.1 Å². The van der Waals surface area contributed by atoms with Crippen LogP contribution in [0.5, 0.6) is 0 Å². The third kappa shape index (κ3) is 5.60. The fraction of sp³-hybridized carbons (Fsp3) is 0. The lowest BCUT2D eigenvalue weighted by molar-refractivity contribution is 0.669. The molecular formula is C54H36N2O. The molecule has 9 aromatic carbocycles. The van der Waals surface area contributed by atoms with Crippen molar-refractivity contribution < 1.29 is 4.42 Å². The van der Waals surface area contributed by atoms with Gasteiger partial charge < -0.3 is 13.9 Å². The van der Waals surface area contributed by atoms with Crippen molar-refractivity contribution in [2.75, 3.05) is 4.90 Å². The second-order valence-corrected chi connectivity index (χ2v) is 14.5. The van der Waals surface area contributed by atoms with Gasteiger partial charge in [-0.2, -0.15) is 0 Å². The monoisotopic (exact) mass is 728 g/mol. The normalized spacial score (nSPS) is 11.5. The van der Waals surface area contributed by atoms with Gasteiger partial charge in [0.25, 0.3) is 0 Å². The molecular weight excluding hydrogens is 693 g/mol. The molecule has 2 heterocycles. The number of nitrogens with zero attached hydrogens (tertiary/aromatic N) is 2. The van der Waals surface area contributed by atoms with Gasteiger partial charge in [-0.3, -0.25) is 0 Å². The molecule has 0 aliphatic carbocycles. The highest BCUT2D eigenvalue weighted by Gasteiger charge is 2.21. The maximum absolute atomic E-state index is 6.29. The minimum atomic E-state index is 0.877. The smallest absolute Gasteiger partial charge is 0.135 e. The highest BCUT2D eigenvalue weighted by molar-refractivity contribution is 6.11. The van der Waals surface area contributed by atoms with Crippen LogP contribution in [0.2, 0.25) is 0 Å². The molecule has 3 nitrogen and oxygen atoms in total. The van der Waals surface area contributed by atoms with E-state index < -0.39 is 0 Å². The van der Waals surface area contributed by atoms with Crippen LogP contribution in [-0.4, -0.2) is 4.57 Å². The van der Waals surface area contributed by atoms with Crippen LogP contribution in [0.3, 0.4) is 0 Å². The maximum Gasteiger partial charge on any atom is 0.135 e. The second-order valence-electron chi connectivity index (χ2n) is 14.5. The fourth-order valence-corrected chi connectivity index (χ4v) is 8.58. The van der Waals surface area contributed by atoms with E-state index in [0.717, 1.165) is 61.3 Å². The van der Waals surface area contributed by atoms with Crippen LogP contribution in [-0.2, 0) is 0 Å². The van der Waals surface area contributed by atoms with Gasteiger partial charge in [0, 0.05) is 44.2 Å². The van der Waals surface area contributed by atoms with Gasteiger partial charge in [0.15, 0.2) is 0 Å². The topological polar surface area (TPSA) is 21.3 Å². The average Bonchev–Trinajstić information content (AvgIpc) is 3.82. The first-order chi connectivity index (χ1) is 28.3. The molecule has 2 aromatic heterocycles. The first kappa shape index (κ1) is 32.8. The predicted octanol–water partition coefficient (Wildman–Crippen LogP) is 15.2. The summed E-state index contributed by atoms with van der Waals surface area (Å²) >= 11 is 0. The number of rotatable bonds is 7. The molecule has 0 radical (unpaired) electrons. The van der Waals surface area contributed by atoms with Crippen LogP contribution in [0.25, 0.3) is 82.8 Å². The SMILES string of the molecule is c1ccc(-c2ccccc2-c2ccc(-n3c4ccccc4c4ccc(N(c5ccc6oc7ccccc7c6c5)c5ccccc5-c5ccccc5)cc43)cc2)cc1. The molecule has 0 bridgehead atoms. The van der Waals surface area contributed by atoms with Crippen LogP contribution in [0.1, 0.15) is 0 Å². The van der Waals surface area contributed by atoms with Crippen molar-refractivity contribution in [2.24, 2.45) is 0 Å². The molecule has 0 saturated heterocycles. The Morgan fingerprint density at radius 1 is 0.333 bits per heavy atom. The summed E-state index contributed by atoms with van der Waals surface area (Å²) in [5, 5.41) is 4.63. The van der Waals surface area contributed by atoms with E-state index in [1.807, 2.05) is 12.1 Å². The van der Waals surface area contributed by atoms with Crippen molar-refractivity contribution in [2.45, 2.75) is 0 Å². The molecule has 11 rings (SSSR count). The predicted molar refractivity (Wildman–Crippen MR) is 239 cm³/mol. The quantitative estimate of drug-likeness (QED) is 0.163. The van der Waals surface area contributed by atoms with Gasteiger partial charge in [-0.25, -0.2) is 0 Å². The number of para-hydroxylation sites is 3. The van der Waals surface area contributed by atoms with E-state index in [9.17, 15) is 0 Å². The van der Waals surface area contributed by atoms with Gasteiger partial charge in [-0.1, -0.05) is 158 Å². The molecule has 11 aromatic rings. The lowest BCUT2D eigenvalue weighted by Crippen LogP contribution is -2.11. The Morgan fingerprint density at radius 3 is 1.61 bits per heavy atom. The average molecular weight is 729 g/mol. The molecule has 0 fully saturated rings. The van der Waals surface area contributed by atoms with E-state index in [1.165, 1.54) is 38.5 Å². The van der Waals surface area contributed by atoms with Gasteiger partial charge in [0.05, 0.1) is 16.7 Å². The van der Waals surface area contributed by atoms with Crippen LogP contribution in [0.15, 0.2) is 223 Å². The summed E-state index contributed by atoms with van der Waals surface area (Å²) in [6, 6.07) is 78.2. The Labute approximate surface area is 330 Å². The number of furan rings is 1. The second kappa shape index (κ2) is 13.6. The minimum Gasteiger partial charge on any atom is -0.456 e. The Kier molecular flexibility index (Phi) is 7.82. The first-order valence-corrected chi connectivity index (χ1v) is 19.4. The summed E-state index contributed by atoms with van der Waals surface area (Å²) in [5.74, 6) is 0. The van der Waals surface area contributed by atoms with E-state index in [-0.39, 0.29) is 0 Å². The van der Waals surface area contributed by atoms with Gasteiger partial charge in [-0.05, 0) is 88.5 Å². The zero-order valence-corrected chi connectivity index (χ0v) is 31.1. The first-order valence-electron chi connectivity index (χ1n) is 19.4. The van der Waals surface area contributed by atoms with E-state index in [1.54, 1.807) is 0 Å². The summed E-state index contributed by atoms with van der Waals surface area (Å²) in [4.78, 5) is 2.40. The maximum atomic E-state index is 6.29. The van der Waals surface area contributed by atoms with E-state index in [4.69, 9.17) is 4.42 Å². The van der Waals surface area contributed by atoms with Crippen molar-refractivity contribution >= 4 is 60.8 Å². The summed E-state index contributed by atoms with van der Waals surface area (Å²) in [5.41, 5.74) is 15.6. The van der Waals surface area contributed by atoms with E-state index >= 15 is 0 Å². The Morgan fingerprint density at radius 2 is 0.860 bits per heavy atom. The standard InChI is InChI=1S/C54H36N2O/c1-3-15-37(16-4-1)43-19-7-8-20-44(43)39-27-29-40(30-28-39)56-51-25-13-10-22-46(51)47-33-31-42(36-52(47)56)55(50-24-12-9-21-45(50)38-17-5-2-6-18-38)41-32-34-54-49(35-41)48-23-11-14-26-53(48)57-54/h1-36H. The molecule has 0 amide bonds. The fourth-order valence-electron chi connectivity index (χ4n) is 8.58. The largest absolute Gasteiger partial charge is 0.456 e. The molecule has 0 spiro atoms.